The lowest BCUT2D eigenvalue weighted by molar-refractivity contribution is 0.262. The van der Waals surface area contributed by atoms with Gasteiger partial charge in [0.25, 0.3) is 0 Å². The van der Waals surface area contributed by atoms with Gasteiger partial charge in [-0.3, -0.25) is 0 Å². The highest BCUT2D eigenvalue weighted by molar-refractivity contribution is 6.19. The minimum Gasteiger partial charge on any atom is -0.476 e. The molecular formula is C57H63NO. The molecule has 1 saturated carbocycles. The third-order valence-electron chi connectivity index (χ3n) is 13.6. The Kier molecular flexibility index (Phi) is 9.06. The van der Waals surface area contributed by atoms with E-state index in [4.69, 9.17) is 9.72 Å². The first-order chi connectivity index (χ1) is 27.7. The number of fused-ring (bicyclic) bond motifs is 6. The minimum absolute atomic E-state index is 0.000287. The Morgan fingerprint density at radius 2 is 0.949 bits per heavy atom. The van der Waals surface area contributed by atoms with Crippen molar-refractivity contribution in [2.75, 3.05) is 6.61 Å². The summed E-state index contributed by atoms with van der Waals surface area (Å²) in [6.07, 6.45) is 4.93. The van der Waals surface area contributed by atoms with Crippen LogP contribution in [-0.4, -0.2) is 11.6 Å². The van der Waals surface area contributed by atoms with E-state index >= 15 is 0 Å². The fourth-order valence-corrected chi connectivity index (χ4v) is 9.74. The molecule has 0 radical (unpaired) electrons. The third kappa shape index (κ3) is 7.05. The molecule has 2 aliphatic rings. The van der Waals surface area contributed by atoms with Gasteiger partial charge in [0, 0.05) is 21.8 Å². The van der Waals surface area contributed by atoms with Crippen LogP contribution in [0.1, 0.15) is 137 Å². The Hall–Kier alpha value is -4.95. The van der Waals surface area contributed by atoms with Crippen LogP contribution in [-0.2, 0) is 27.1 Å². The predicted molar refractivity (Wildman–Crippen MR) is 254 cm³/mol. The maximum absolute atomic E-state index is 6.45. The molecule has 6 aromatic carbocycles. The SMILES string of the molecule is CC(C)(C)c1cc(-c2cc(-c3cc(C(C)(C)C)cc(C(C)(C)C)c3)cc(-c3c4ccccc4cc4c3ccc3cc5c(nc34)OCC53CCCC3)c2)cc(C(C)(C)C)c1. The largest absolute Gasteiger partial charge is 0.476 e. The van der Waals surface area contributed by atoms with E-state index in [0.717, 1.165) is 18.0 Å². The van der Waals surface area contributed by atoms with E-state index in [1.807, 2.05) is 0 Å². The van der Waals surface area contributed by atoms with E-state index in [-0.39, 0.29) is 27.1 Å². The molecule has 0 unspecified atom stereocenters. The number of nitrogens with zero attached hydrogens (tertiary/aromatic N) is 1. The van der Waals surface area contributed by atoms with Gasteiger partial charge in [0.15, 0.2) is 0 Å². The summed E-state index contributed by atoms with van der Waals surface area (Å²) in [5.41, 5.74) is 15.4. The molecule has 0 saturated heterocycles. The topological polar surface area (TPSA) is 22.1 Å². The van der Waals surface area contributed by atoms with Crippen molar-refractivity contribution in [3.63, 3.8) is 0 Å². The summed E-state index contributed by atoms with van der Waals surface area (Å²) in [6, 6.07) is 40.4. The Labute approximate surface area is 353 Å². The van der Waals surface area contributed by atoms with Crippen LogP contribution in [0.3, 0.4) is 0 Å². The molecule has 2 heterocycles. The molecule has 0 N–H and O–H groups in total. The summed E-state index contributed by atoms with van der Waals surface area (Å²) in [6.45, 7) is 28.8. The van der Waals surface area contributed by atoms with Crippen molar-refractivity contribution < 1.29 is 4.74 Å². The van der Waals surface area contributed by atoms with E-state index in [2.05, 4.69) is 186 Å². The standard InChI is InChI=1S/C57H63NO/c1-53(2,3)42-26-39(27-43(32-42)54(4,5)6)37-23-38(40-28-44(55(7,8)9)33-45(29-40)56(10,11)12)25-41(24-37)50-46-18-14-13-17-35(46)30-48-47(50)20-19-36-31-49-52(58-51(36)48)59-34-57(49)21-15-16-22-57/h13-14,17-20,23-33H,15-16,21-22,34H2,1-12H3. The zero-order chi connectivity index (χ0) is 41.9. The second kappa shape index (κ2) is 13.5. The smallest absolute Gasteiger partial charge is 0.217 e. The summed E-state index contributed by atoms with van der Waals surface area (Å²) >= 11 is 0. The molecule has 2 heteroatoms. The molecule has 1 aliphatic heterocycles. The van der Waals surface area contributed by atoms with Crippen LogP contribution in [0.15, 0.2) is 103 Å². The highest BCUT2D eigenvalue weighted by Crippen LogP contribution is 2.51. The second-order valence-electron chi connectivity index (χ2n) is 22.2. The highest BCUT2D eigenvalue weighted by atomic mass is 16.5. The maximum Gasteiger partial charge on any atom is 0.217 e. The zero-order valence-corrected chi connectivity index (χ0v) is 37.7. The van der Waals surface area contributed by atoms with Gasteiger partial charge in [0.1, 0.15) is 0 Å². The monoisotopic (exact) mass is 777 g/mol. The van der Waals surface area contributed by atoms with E-state index in [1.54, 1.807) is 0 Å². The molecule has 0 atom stereocenters. The molecule has 59 heavy (non-hydrogen) atoms. The third-order valence-corrected chi connectivity index (χ3v) is 13.6. The number of ether oxygens (including phenoxy) is 1. The molecule has 1 fully saturated rings. The van der Waals surface area contributed by atoms with Crippen molar-refractivity contribution >= 4 is 32.4 Å². The first-order valence-corrected chi connectivity index (χ1v) is 22.1. The number of benzene rings is 6. The van der Waals surface area contributed by atoms with Crippen molar-refractivity contribution in [3.05, 3.63) is 131 Å². The van der Waals surface area contributed by atoms with Gasteiger partial charge in [-0.2, -0.15) is 0 Å². The summed E-state index contributed by atoms with van der Waals surface area (Å²) in [5, 5.41) is 6.07. The average molecular weight is 778 g/mol. The van der Waals surface area contributed by atoms with E-state index < -0.39 is 0 Å². The lowest BCUT2D eigenvalue weighted by Crippen LogP contribution is -2.23. The van der Waals surface area contributed by atoms with Gasteiger partial charge < -0.3 is 4.74 Å². The summed E-state index contributed by atoms with van der Waals surface area (Å²) in [4.78, 5) is 5.38. The normalized spacial score (nSPS) is 15.7. The van der Waals surface area contributed by atoms with E-state index in [9.17, 15) is 0 Å². The quantitative estimate of drug-likeness (QED) is 0.132. The van der Waals surface area contributed by atoms with Crippen LogP contribution in [0.4, 0.5) is 0 Å². The molecule has 0 amide bonds. The molecule has 1 aliphatic carbocycles. The van der Waals surface area contributed by atoms with Crippen molar-refractivity contribution in [2.24, 2.45) is 0 Å². The Bertz CT molecular complexity index is 2640. The van der Waals surface area contributed by atoms with Crippen LogP contribution in [0.5, 0.6) is 5.88 Å². The molecule has 1 aromatic heterocycles. The number of hydrogen-bond acceptors (Lipinski definition) is 2. The fraction of sp³-hybridized carbons (Fsp3) is 0.386. The number of hydrogen-bond donors (Lipinski definition) is 0. The molecule has 1 spiro atoms. The number of rotatable bonds is 3. The maximum atomic E-state index is 6.45. The van der Waals surface area contributed by atoms with Crippen LogP contribution >= 0.6 is 0 Å². The lowest BCUT2D eigenvalue weighted by atomic mass is 9.77. The van der Waals surface area contributed by atoms with Gasteiger partial charge in [-0.15, -0.1) is 0 Å². The molecule has 7 aromatic rings. The predicted octanol–water partition coefficient (Wildman–Crippen LogP) is 15.9. The summed E-state index contributed by atoms with van der Waals surface area (Å²) in [7, 11) is 0. The van der Waals surface area contributed by atoms with Gasteiger partial charge in [-0.25, -0.2) is 4.98 Å². The molecule has 0 bridgehead atoms. The van der Waals surface area contributed by atoms with Crippen molar-refractivity contribution in [1.29, 1.82) is 0 Å². The Morgan fingerprint density at radius 3 is 1.47 bits per heavy atom. The van der Waals surface area contributed by atoms with Crippen molar-refractivity contribution in [2.45, 2.75) is 136 Å². The van der Waals surface area contributed by atoms with Gasteiger partial charge >= 0.3 is 0 Å². The van der Waals surface area contributed by atoms with Gasteiger partial charge in [0.05, 0.1) is 12.1 Å². The molecule has 2 nitrogen and oxygen atoms in total. The Balaban J connectivity index is 1.36. The van der Waals surface area contributed by atoms with E-state index in [0.29, 0.717) is 0 Å². The lowest BCUT2D eigenvalue weighted by Gasteiger charge is -2.27. The molecule has 9 rings (SSSR count). The van der Waals surface area contributed by atoms with Crippen molar-refractivity contribution in [3.8, 4) is 39.3 Å². The first kappa shape index (κ1) is 39.5. The average Bonchev–Trinajstić information content (AvgIpc) is 3.80. The Morgan fingerprint density at radius 1 is 0.458 bits per heavy atom. The number of aromatic nitrogens is 1. The van der Waals surface area contributed by atoms with Gasteiger partial charge in [-0.1, -0.05) is 169 Å². The number of pyridine rings is 1. The fourth-order valence-electron chi connectivity index (χ4n) is 9.74. The highest BCUT2D eigenvalue weighted by Gasteiger charge is 2.44. The van der Waals surface area contributed by atoms with Crippen LogP contribution in [0.25, 0.3) is 65.8 Å². The summed E-state index contributed by atoms with van der Waals surface area (Å²) in [5.74, 6) is 0.840. The van der Waals surface area contributed by atoms with E-state index in [1.165, 1.54) is 114 Å². The van der Waals surface area contributed by atoms with Gasteiger partial charge in [0.2, 0.25) is 5.88 Å². The second-order valence-corrected chi connectivity index (χ2v) is 22.2. The van der Waals surface area contributed by atoms with Crippen LogP contribution < -0.4 is 4.74 Å². The van der Waals surface area contributed by atoms with Gasteiger partial charge in [-0.05, 0) is 137 Å². The van der Waals surface area contributed by atoms with Crippen LogP contribution in [0, 0.1) is 0 Å². The van der Waals surface area contributed by atoms with Crippen molar-refractivity contribution in [1.82, 2.24) is 4.98 Å². The first-order valence-electron chi connectivity index (χ1n) is 22.1. The molecular weight excluding hydrogens is 715 g/mol. The zero-order valence-electron chi connectivity index (χ0n) is 37.7. The minimum atomic E-state index is 0.000287. The van der Waals surface area contributed by atoms with Crippen LogP contribution in [0.2, 0.25) is 0 Å². The molecule has 302 valence electrons. The summed E-state index contributed by atoms with van der Waals surface area (Å²) < 4.78 is 6.45.